The van der Waals surface area contributed by atoms with Crippen LogP contribution in [0, 0.1) is 11.3 Å². The number of fused-ring (bicyclic) bond motifs is 1. The molecule has 250 valence electrons. The molecule has 2 amide bonds. The van der Waals surface area contributed by atoms with E-state index in [0.29, 0.717) is 0 Å². The molecular weight excluding hydrogens is 600 g/mol. The number of hydrazine groups is 1. The fraction of sp³-hybridized carbons (Fsp3) is 0.500. The number of hydrogen-bond donors (Lipinski definition) is 2. The van der Waals surface area contributed by atoms with Crippen LogP contribution < -0.4 is 5.43 Å². The standard InChI is InChI=1S/C36H50N4O5S/c1-27(2)24-39(46(44,45)31-18-17-29-15-9-10-16-30(29)22-31)25-33(41)32(21-28-13-7-6-8-14-28)40(35(43)23-36(3,4)5)37-34(42)26-38-19-11-12-20-38/h6-10,13-18,22,27,32-33,41H,11-12,19-21,23-26H2,1-5H3,(H,37,42)/t32-,33+/m0/s1. The number of amides is 2. The Morgan fingerprint density at radius 2 is 1.54 bits per heavy atom. The molecule has 1 saturated heterocycles. The lowest BCUT2D eigenvalue weighted by Crippen LogP contribution is -2.60. The van der Waals surface area contributed by atoms with Crippen LogP contribution in [0.25, 0.3) is 10.8 Å². The van der Waals surface area contributed by atoms with E-state index in [1.54, 1.807) is 18.2 Å². The second-order valence-corrected chi connectivity index (χ2v) is 16.0. The summed E-state index contributed by atoms with van der Waals surface area (Å²) >= 11 is 0. The van der Waals surface area contributed by atoms with Crippen LogP contribution in [0.3, 0.4) is 0 Å². The van der Waals surface area contributed by atoms with Crippen molar-refractivity contribution >= 4 is 32.6 Å². The van der Waals surface area contributed by atoms with Gasteiger partial charge in [-0.2, -0.15) is 4.31 Å². The summed E-state index contributed by atoms with van der Waals surface area (Å²) < 4.78 is 29.6. The van der Waals surface area contributed by atoms with Gasteiger partial charge in [0.05, 0.1) is 23.6 Å². The van der Waals surface area contributed by atoms with E-state index in [0.717, 1.165) is 42.3 Å². The van der Waals surface area contributed by atoms with Gasteiger partial charge in [0.25, 0.3) is 5.91 Å². The second-order valence-electron chi connectivity index (χ2n) is 14.1. The molecule has 1 aliphatic rings. The van der Waals surface area contributed by atoms with E-state index in [-0.39, 0.29) is 60.5 Å². The molecule has 3 aromatic carbocycles. The number of likely N-dealkylation sites (tertiary alicyclic amines) is 1. The Kier molecular flexibility index (Phi) is 12.0. The Morgan fingerprint density at radius 1 is 0.913 bits per heavy atom. The van der Waals surface area contributed by atoms with Crippen LogP contribution in [0.5, 0.6) is 0 Å². The molecule has 2 atom stereocenters. The van der Waals surface area contributed by atoms with E-state index in [4.69, 9.17) is 0 Å². The van der Waals surface area contributed by atoms with Gasteiger partial charge in [-0.3, -0.25) is 19.9 Å². The Hall–Kier alpha value is -3.31. The molecule has 10 heteroatoms. The van der Waals surface area contributed by atoms with Gasteiger partial charge in [0.1, 0.15) is 0 Å². The van der Waals surface area contributed by atoms with E-state index < -0.39 is 22.2 Å². The number of hydrogen-bond acceptors (Lipinski definition) is 6. The van der Waals surface area contributed by atoms with Crippen LogP contribution in [-0.2, 0) is 26.0 Å². The maximum absolute atomic E-state index is 14.1. The van der Waals surface area contributed by atoms with Crippen LogP contribution in [0.15, 0.2) is 77.7 Å². The second kappa shape index (κ2) is 15.5. The molecule has 1 aliphatic heterocycles. The largest absolute Gasteiger partial charge is 0.390 e. The van der Waals surface area contributed by atoms with Crippen molar-refractivity contribution in [1.82, 2.24) is 19.6 Å². The summed E-state index contributed by atoms with van der Waals surface area (Å²) in [6.45, 7) is 11.4. The highest BCUT2D eigenvalue weighted by atomic mass is 32.2. The van der Waals surface area contributed by atoms with Crippen molar-refractivity contribution in [2.75, 3.05) is 32.7 Å². The smallest absolute Gasteiger partial charge is 0.252 e. The van der Waals surface area contributed by atoms with Gasteiger partial charge in [-0.15, -0.1) is 0 Å². The molecule has 1 heterocycles. The Morgan fingerprint density at radius 3 is 2.17 bits per heavy atom. The first-order valence-corrected chi connectivity index (χ1v) is 17.7. The molecule has 0 aliphatic carbocycles. The van der Waals surface area contributed by atoms with E-state index in [1.807, 2.05) is 94.1 Å². The number of nitrogens with zero attached hydrogens (tertiary/aromatic N) is 3. The molecule has 0 saturated carbocycles. The van der Waals surface area contributed by atoms with Gasteiger partial charge in [-0.1, -0.05) is 95.3 Å². The summed E-state index contributed by atoms with van der Waals surface area (Å²) in [5.41, 5.74) is 3.31. The number of benzene rings is 3. The number of sulfonamides is 1. The zero-order valence-electron chi connectivity index (χ0n) is 27.9. The van der Waals surface area contributed by atoms with Gasteiger partial charge in [-0.05, 0) is 72.2 Å². The van der Waals surface area contributed by atoms with Crippen molar-refractivity contribution in [2.24, 2.45) is 11.3 Å². The van der Waals surface area contributed by atoms with Gasteiger partial charge < -0.3 is 5.11 Å². The van der Waals surface area contributed by atoms with Gasteiger partial charge in [-0.25, -0.2) is 13.4 Å². The topological polar surface area (TPSA) is 110 Å². The van der Waals surface area contributed by atoms with Crippen LogP contribution in [0.2, 0.25) is 0 Å². The maximum atomic E-state index is 14.1. The summed E-state index contributed by atoms with van der Waals surface area (Å²) in [7, 11) is -4.03. The molecule has 0 bridgehead atoms. The lowest BCUT2D eigenvalue weighted by atomic mass is 9.91. The molecule has 0 spiro atoms. The molecule has 0 unspecified atom stereocenters. The summed E-state index contributed by atoms with van der Waals surface area (Å²) in [5.74, 6) is -0.707. The molecule has 2 N–H and O–H groups in total. The predicted octanol–water partition coefficient (Wildman–Crippen LogP) is 4.85. The average Bonchev–Trinajstić information content (AvgIpc) is 3.50. The molecule has 0 aromatic heterocycles. The minimum absolute atomic E-state index is 0.0335. The van der Waals surface area contributed by atoms with E-state index in [9.17, 15) is 23.1 Å². The van der Waals surface area contributed by atoms with Crippen LogP contribution in [-0.4, -0.2) is 84.4 Å². The number of aliphatic hydroxyl groups excluding tert-OH is 1. The minimum atomic E-state index is -4.03. The lowest BCUT2D eigenvalue weighted by molar-refractivity contribution is -0.149. The minimum Gasteiger partial charge on any atom is -0.390 e. The lowest BCUT2D eigenvalue weighted by Gasteiger charge is -2.38. The quantitative estimate of drug-likeness (QED) is 0.256. The third kappa shape index (κ3) is 9.84. The third-order valence-corrected chi connectivity index (χ3v) is 9.97. The summed E-state index contributed by atoms with van der Waals surface area (Å²) in [6.07, 6.45) is 1.07. The van der Waals surface area contributed by atoms with Crippen molar-refractivity contribution in [3.05, 3.63) is 78.4 Å². The molecule has 4 rings (SSSR count). The number of nitrogens with one attached hydrogen (secondary N) is 1. The van der Waals surface area contributed by atoms with Crippen molar-refractivity contribution in [1.29, 1.82) is 0 Å². The highest BCUT2D eigenvalue weighted by Gasteiger charge is 2.37. The number of carbonyl (C=O) groups is 2. The SMILES string of the molecule is CC(C)CN(C[C@@H](O)[C@H](Cc1ccccc1)N(NC(=O)CN1CCCC1)C(=O)CC(C)(C)C)S(=O)(=O)c1ccc2ccccc2c1. The van der Waals surface area contributed by atoms with E-state index in [2.05, 4.69) is 5.43 Å². The first kappa shape index (κ1) is 35.5. The molecule has 3 aromatic rings. The van der Waals surface area contributed by atoms with Gasteiger partial charge in [0.15, 0.2) is 0 Å². The van der Waals surface area contributed by atoms with Gasteiger partial charge in [0, 0.05) is 19.5 Å². The van der Waals surface area contributed by atoms with Gasteiger partial charge in [0.2, 0.25) is 15.9 Å². The third-order valence-electron chi connectivity index (χ3n) is 8.14. The van der Waals surface area contributed by atoms with Gasteiger partial charge >= 0.3 is 0 Å². The maximum Gasteiger partial charge on any atom is 0.252 e. The number of rotatable bonds is 13. The number of carbonyl (C=O) groups excluding carboxylic acids is 2. The number of aliphatic hydroxyl groups is 1. The average molecular weight is 651 g/mol. The first-order chi connectivity index (χ1) is 21.7. The van der Waals surface area contributed by atoms with Crippen LogP contribution in [0.1, 0.15) is 59.4 Å². The van der Waals surface area contributed by atoms with E-state index >= 15 is 0 Å². The Balaban J connectivity index is 1.69. The normalized spacial score (nSPS) is 15.7. The van der Waals surface area contributed by atoms with Crippen LogP contribution >= 0.6 is 0 Å². The van der Waals surface area contributed by atoms with Crippen molar-refractivity contribution in [3.63, 3.8) is 0 Å². The summed E-state index contributed by atoms with van der Waals surface area (Å²) in [6, 6.07) is 21.1. The molecule has 1 fully saturated rings. The Bertz CT molecular complexity index is 1570. The fourth-order valence-electron chi connectivity index (χ4n) is 5.92. The van der Waals surface area contributed by atoms with Crippen molar-refractivity contribution in [3.8, 4) is 0 Å². The van der Waals surface area contributed by atoms with Crippen LogP contribution in [0.4, 0.5) is 0 Å². The zero-order chi connectivity index (χ0) is 33.5. The highest BCUT2D eigenvalue weighted by Crippen LogP contribution is 2.26. The summed E-state index contributed by atoms with van der Waals surface area (Å²) in [5, 5.41) is 15.0. The van der Waals surface area contributed by atoms with E-state index in [1.165, 1.54) is 9.31 Å². The first-order valence-electron chi connectivity index (χ1n) is 16.3. The fourth-order valence-corrected chi connectivity index (χ4v) is 7.58. The zero-order valence-corrected chi connectivity index (χ0v) is 28.7. The molecule has 46 heavy (non-hydrogen) atoms. The molecule has 0 radical (unpaired) electrons. The summed E-state index contributed by atoms with van der Waals surface area (Å²) in [4.78, 5) is 29.5. The molecular formula is C36H50N4O5S. The monoisotopic (exact) mass is 650 g/mol. The highest BCUT2D eigenvalue weighted by molar-refractivity contribution is 7.89. The van der Waals surface area contributed by atoms with Crippen molar-refractivity contribution in [2.45, 2.75) is 77.3 Å². The predicted molar refractivity (Wildman–Crippen MR) is 182 cm³/mol. The van der Waals surface area contributed by atoms with Crippen molar-refractivity contribution < 1.29 is 23.1 Å². The Labute approximate surface area is 274 Å². The molecule has 9 nitrogen and oxygen atoms in total.